The number of ether oxygens (including phenoxy) is 2. The summed E-state index contributed by atoms with van der Waals surface area (Å²) in [6.45, 7) is 0.225. The molecule has 5 nitrogen and oxygen atoms in total. The molecule has 1 N–H and O–H groups in total. The minimum Gasteiger partial charge on any atom is -0.454 e. The van der Waals surface area contributed by atoms with Crippen molar-refractivity contribution >= 4 is 22.9 Å². The van der Waals surface area contributed by atoms with Crippen LogP contribution in [-0.2, 0) is 12.8 Å². The number of carbonyl (C=O) groups is 1. The lowest BCUT2D eigenvalue weighted by Crippen LogP contribution is -2.16. The second-order valence-corrected chi connectivity index (χ2v) is 7.59. The van der Waals surface area contributed by atoms with Crippen molar-refractivity contribution in [3.63, 3.8) is 0 Å². The highest BCUT2D eigenvalue weighted by molar-refractivity contribution is 7.15. The fraction of sp³-hybridized carbons (Fsp3) is 0.250. The number of carbonyl (C=O) groups excluding carboxylic acids is 1. The van der Waals surface area contributed by atoms with Gasteiger partial charge in [0.15, 0.2) is 11.5 Å². The standard InChI is InChI=1S/C20H18N2O3S/c23-19(21-13-7-8-15-16(11-13)25-12-24-15)18-14-5-1-2-6-17(14)26-20(18)22-9-3-4-10-22/h3-4,7-11H,1-2,5-6,12H2,(H,21,23). The van der Waals surface area contributed by atoms with Gasteiger partial charge in [0.1, 0.15) is 5.00 Å². The number of thiophene rings is 1. The summed E-state index contributed by atoms with van der Waals surface area (Å²) in [6, 6.07) is 9.46. The van der Waals surface area contributed by atoms with E-state index >= 15 is 0 Å². The summed E-state index contributed by atoms with van der Waals surface area (Å²) in [5.74, 6) is 1.32. The monoisotopic (exact) mass is 366 g/mol. The Morgan fingerprint density at radius 2 is 1.88 bits per heavy atom. The number of amides is 1. The lowest BCUT2D eigenvalue weighted by atomic mass is 9.95. The van der Waals surface area contributed by atoms with Gasteiger partial charge in [0.2, 0.25) is 6.79 Å². The van der Waals surface area contributed by atoms with Crippen molar-refractivity contribution < 1.29 is 14.3 Å². The number of anilines is 1. The molecule has 0 unspecified atom stereocenters. The van der Waals surface area contributed by atoms with E-state index in [2.05, 4.69) is 5.32 Å². The van der Waals surface area contributed by atoms with Crippen molar-refractivity contribution in [1.29, 1.82) is 0 Å². The van der Waals surface area contributed by atoms with Crippen LogP contribution < -0.4 is 14.8 Å². The van der Waals surface area contributed by atoms with Crippen molar-refractivity contribution in [2.75, 3.05) is 12.1 Å². The van der Waals surface area contributed by atoms with E-state index in [0.717, 1.165) is 29.8 Å². The molecule has 5 rings (SSSR count). The fourth-order valence-corrected chi connectivity index (χ4v) is 4.96. The molecule has 1 aliphatic heterocycles. The zero-order chi connectivity index (χ0) is 17.5. The first-order valence-corrected chi connectivity index (χ1v) is 9.60. The smallest absolute Gasteiger partial charge is 0.258 e. The van der Waals surface area contributed by atoms with E-state index in [1.807, 2.05) is 47.3 Å². The van der Waals surface area contributed by atoms with E-state index in [0.29, 0.717) is 17.2 Å². The second-order valence-electron chi connectivity index (χ2n) is 6.50. The Labute approximate surface area is 155 Å². The number of hydrogen-bond donors (Lipinski definition) is 1. The minimum absolute atomic E-state index is 0.0630. The minimum atomic E-state index is -0.0630. The molecule has 3 heterocycles. The molecule has 0 spiro atoms. The lowest BCUT2D eigenvalue weighted by Gasteiger charge is -2.13. The van der Waals surface area contributed by atoms with Crippen LogP contribution >= 0.6 is 11.3 Å². The predicted molar refractivity (Wildman–Crippen MR) is 101 cm³/mol. The zero-order valence-corrected chi connectivity index (χ0v) is 15.0. The molecular weight excluding hydrogens is 348 g/mol. The first-order valence-electron chi connectivity index (χ1n) is 8.78. The molecule has 3 aromatic rings. The van der Waals surface area contributed by atoms with E-state index in [1.165, 1.54) is 16.9 Å². The Bertz CT molecular complexity index is 975. The SMILES string of the molecule is O=C(Nc1ccc2c(c1)OCO2)c1c(-n2cccc2)sc2c1CCCC2. The third-order valence-corrected chi connectivity index (χ3v) is 6.15. The van der Waals surface area contributed by atoms with Gasteiger partial charge >= 0.3 is 0 Å². The van der Waals surface area contributed by atoms with Gasteiger partial charge in [-0.25, -0.2) is 0 Å². The first-order chi connectivity index (χ1) is 12.8. The Hall–Kier alpha value is -2.73. The fourth-order valence-electron chi connectivity index (χ4n) is 3.61. The van der Waals surface area contributed by atoms with Crippen molar-refractivity contribution in [3.05, 3.63) is 58.7 Å². The highest BCUT2D eigenvalue weighted by Gasteiger charge is 2.26. The van der Waals surface area contributed by atoms with E-state index < -0.39 is 0 Å². The van der Waals surface area contributed by atoms with E-state index in [9.17, 15) is 4.79 Å². The average molecular weight is 366 g/mol. The number of benzene rings is 1. The summed E-state index contributed by atoms with van der Waals surface area (Å²) in [5, 5.41) is 4.05. The van der Waals surface area contributed by atoms with Gasteiger partial charge in [-0.1, -0.05) is 0 Å². The Kier molecular flexibility index (Phi) is 3.71. The van der Waals surface area contributed by atoms with Crippen LogP contribution in [0.5, 0.6) is 11.5 Å². The van der Waals surface area contributed by atoms with Crippen molar-refractivity contribution in [1.82, 2.24) is 4.57 Å². The summed E-state index contributed by atoms with van der Waals surface area (Å²) in [5.41, 5.74) is 2.73. The largest absolute Gasteiger partial charge is 0.454 e. The maximum Gasteiger partial charge on any atom is 0.258 e. The molecule has 0 bridgehead atoms. The molecule has 0 atom stereocenters. The summed E-state index contributed by atoms with van der Waals surface area (Å²) in [6.07, 6.45) is 8.35. The average Bonchev–Trinajstić information content (AvgIpc) is 3.39. The zero-order valence-electron chi connectivity index (χ0n) is 14.2. The van der Waals surface area contributed by atoms with Gasteiger partial charge in [-0.2, -0.15) is 0 Å². The van der Waals surface area contributed by atoms with Crippen LogP contribution in [0.1, 0.15) is 33.6 Å². The van der Waals surface area contributed by atoms with Crippen LogP contribution in [0.3, 0.4) is 0 Å². The summed E-state index contributed by atoms with van der Waals surface area (Å²) >= 11 is 1.74. The van der Waals surface area contributed by atoms with Gasteiger partial charge in [-0.3, -0.25) is 4.79 Å². The molecule has 0 saturated heterocycles. The van der Waals surface area contributed by atoms with Gasteiger partial charge in [0.05, 0.1) is 5.56 Å². The van der Waals surface area contributed by atoms with Gasteiger partial charge in [-0.05, 0) is 55.5 Å². The van der Waals surface area contributed by atoms with Crippen LogP contribution in [-0.4, -0.2) is 17.3 Å². The number of rotatable bonds is 3. The molecule has 1 amide bonds. The molecule has 2 aliphatic rings. The molecule has 2 aromatic heterocycles. The van der Waals surface area contributed by atoms with Gasteiger partial charge < -0.3 is 19.4 Å². The lowest BCUT2D eigenvalue weighted by molar-refractivity contribution is 0.102. The predicted octanol–water partition coefficient (Wildman–Crippen LogP) is 4.40. The molecule has 6 heteroatoms. The molecular formula is C20H18N2O3S. The number of nitrogens with one attached hydrogen (secondary N) is 1. The van der Waals surface area contributed by atoms with Crippen molar-refractivity contribution in [2.24, 2.45) is 0 Å². The Morgan fingerprint density at radius 3 is 2.77 bits per heavy atom. The van der Waals surface area contributed by atoms with Crippen LogP contribution in [0, 0.1) is 0 Å². The number of aromatic nitrogens is 1. The number of hydrogen-bond acceptors (Lipinski definition) is 4. The summed E-state index contributed by atoms with van der Waals surface area (Å²) < 4.78 is 12.8. The topological polar surface area (TPSA) is 52.5 Å². The molecule has 0 radical (unpaired) electrons. The summed E-state index contributed by atoms with van der Waals surface area (Å²) in [4.78, 5) is 14.5. The Morgan fingerprint density at radius 1 is 1.08 bits per heavy atom. The van der Waals surface area contributed by atoms with E-state index in [4.69, 9.17) is 9.47 Å². The molecule has 0 saturated carbocycles. The Balaban J connectivity index is 1.52. The van der Waals surface area contributed by atoms with Crippen molar-refractivity contribution in [2.45, 2.75) is 25.7 Å². The van der Waals surface area contributed by atoms with E-state index in [1.54, 1.807) is 11.3 Å². The van der Waals surface area contributed by atoms with Crippen LogP contribution in [0.25, 0.3) is 5.00 Å². The number of aryl methyl sites for hydroxylation is 1. The maximum absolute atomic E-state index is 13.2. The number of fused-ring (bicyclic) bond motifs is 2. The molecule has 26 heavy (non-hydrogen) atoms. The van der Waals surface area contributed by atoms with Gasteiger partial charge in [0.25, 0.3) is 5.91 Å². The third kappa shape index (κ3) is 2.57. The first kappa shape index (κ1) is 15.5. The highest BCUT2D eigenvalue weighted by atomic mass is 32.1. The maximum atomic E-state index is 13.2. The van der Waals surface area contributed by atoms with Gasteiger partial charge in [0, 0.05) is 29.0 Å². The molecule has 1 aromatic carbocycles. The third-order valence-electron chi connectivity index (χ3n) is 4.85. The normalized spacial score (nSPS) is 14.9. The molecule has 0 fully saturated rings. The van der Waals surface area contributed by atoms with Crippen molar-refractivity contribution in [3.8, 4) is 16.5 Å². The van der Waals surface area contributed by atoms with E-state index in [-0.39, 0.29) is 12.7 Å². The van der Waals surface area contributed by atoms with Crippen LogP contribution in [0.4, 0.5) is 5.69 Å². The van der Waals surface area contributed by atoms with Crippen LogP contribution in [0.15, 0.2) is 42.7 Å². The highest BCUT2D eigenvalue weighted by Crippen LogP contribution is 2.38. The quantitative estimate of drug-likeness (QED) is 0.747. The summed E-state index contributed by atoms with van der Waals surface area (Å²) in [7, 11) is 0. The number of nitrogens with zero attached hydrogens (tertiary/aromatic N) is 1. The molecule has 1 aliphatic carbocycles. The van der Waals surface area contributed by atoms with Crippen LogP contribution in [0.2, 0.25) is 0 Å². The van der Waals surface area contributed by atoms with Gasteiger partial charge in [-0.15, -0.1) is 11.3 Å². The second kappa shape index (κ2) is 6.21. The molecule has 132 valence electrons.